The molecule has 2 bridgehead atoms. The Balaban J connectivity index is 1.42. The number of amides is 1. The summed E-state index contributed by atoms with van der Waals surface area (Å²) in [5.74, 6) is -0.829. The average Bonchev–Trinajstić information content (AvgIpc) is 3.22. The Morgan fingerprint density at radius 1 is 1.21 bits per heavy atom. The lowest BCUT2D eigenvalue weighted by Gasteiger charge is -2.51. The summed E-state index contributed by atoms with van der Waals surface area (Å²) in [6.45, 7) is 5.40. The van der Waals surface area contributed by atoms with E-state index in [4.69, 9.17) is 0 Å². The second kappa shape index (κ2) is 8.69. The van der Waals surface area contributed by atoms with Crippen molar-refractivity contribution < 1.29 is 18.0 Å². The van der Waals surface area contributed by atoms with Crippen LogP contribution in [0.4, 0.5) is 13.2 Å². The van der Waals surface area contributed by atoms with Gasteiger partial charge in [-0.3, -0.25) is 14.7 Å². The van der Waals surface area contributed by atoms with Crippen molar-refractivity contribution in [2.75, 3.05) is 13.1 Å². The van der Waals surface area contributed by atoms with Crippen LogP contribution in [-0.4, -0.2) is 50.5 Å². The number of nitrogens with one attached hydrogen (secondary N) is 1. The van der Waals surface area contributed by atoms with E-state index in [0.717, 1.165) is 37.9 Å². The number of nitrogens with zero attached hydrogens (tertiary/aromatic N) is 4. The van der Waals surface area contributed by atoms with Gasteiger partial charge < -0.3 is 9.88 Å². The van der Waals surface area contributed by atoms with Gasteiger partial charge in [0, 0.05) is 36.1 Å². The second-order valence-electron chi connectivity index (χ2n) is 9.61. The van der Waals surface area contributed by atoms with E-state index in [-0.39, 0.29) is 23.5 Å². The molecular formula is C25H28F3N5O. The molecule has 9 heteroatoms. The monoisotopic (exact) mass is 471 g/mol. The first-order valence-electron chi connectivity index (χ1n) is 11.8. The molecule has 3 fully saturated rings. The number of imidazole rings is 1. The lowest BCUT2D eigenvalue weighted by Crippen LogP contribution is -2.64. The maximum Gasteiger partial charge on any atom is 0.449 e. The maximum absolute atomic E-state index is 13.6. The van der Waals surface area contributed by atoms with Crippen LogP contribution in [-0.2, 0) is 12.6 Å². The van der Waals surface area contributed by atoms with Gasteiger partial charge in [0.1, 0.15) is 0 Å². The number of hydrogen-bond donors (Lipinski definition) is 1. The SMILES string of the molecule is CC(C)n1c(C(F)(F)F)nc2cc(C(=O)NC3C4CCN(CC4)C3Cc3cccnc3)ccc21. The van der Waals surface area contributed by atoms with Crippen LogP contribution < -0.4 is 5.32 Å². The highest BCUT2D eigenvalue weighted by molar-refractivity contribution is 5.97. The standard InChI is InChI=1S/C25H28F3N5O/c1-15(2)33-20-6-5-18(13-19(20)30-24(33)25(26,27)28)23(34)31-22-17-7-10-32(11-8-17)21(22)12-16-4-3-9-29-14-16/h3-6,9,13-15,17,21-22H,7-8,10-12H2,1-2H3,(H,31,34). The van der Waals surface area contributed by atoms with Gasteiger partial charge in [0.2, 0.25) is 5.82 Å². The van der Waals surface area contributed by atoms with E-state index in [0.29, 0.717) is 17.0 Å². The fraction of sp³-hybridized carbons (Fsp3) is 0.480. The highest BCUT2D eigenvalue weighted by atomic mass is 19.4. The molecule has 6 nitrogen and oxygen atoms in total. The van der Waals surface area contributed by atoms with Gasteiger partial charge in [0.15, 0.2) is 0 Å². The molecule has 2 unspecified atom stereocenters. The van der Waals surface area contributed by atoms with E-state index in [1.165, 1.54) is 10.6 Å². The Bertz CT molecular complexity index is 1180. The largest absolute Gasteiger partial charge is 0.449 e. The van der Waals surface area contributed by atoms with Gasteiger partial charge in [-0.05, 0) is 81.9 Å². The first kappa shape index (κ1) is 22.8. The van der Waals surface area contributed by atoms with Crippen molar-refractivity contribution in [2.24, 2.45) is 5.92 Å². The molecule has 0 aliphatic carbocycles. The van der Waals surface area contributed by atoms with Crippen molar-refractivity contribution in [3.63, 3.8) is 0 Å². The van der Waals surface area contributed by atoms with Gasteiger partial charge in [-0.15, -0.1) is 0 Å². The van der Waals surface area contributed by atoms with Gasteiger partial charge in [0.05, 0.1) is 11.0 Å². The minimum Gasteiger partial charge on any atom is -0.347 e. The van der Waals surface area contributed by atoms with E-state index in [2.05, 4.69) is 20.2 Å². The van der Waals surface area contributed by atoms with Crippen LogP contribution in [0.2, 0.25) is 0 Å². The molecular weight excluding hydrogens is 443 g/mol. The van der Waals surface area contributed by atoms with Crippen LogP contribution in [0.15, 0.2) is 42.7 Å². The van der Waals surface area contributed by atoms with E-state index in [1.807, 2.05) is 18.3 Å². The molecule has 0 saturated carbocycles. The predicted octanol–water partition coefficient (Wildman–Crippen LogP) is 4.47. The van der Waals surface area contributed by atoms with Crippen molar-refractivity contribution in [3.8, 4) is 0 Å². The third-order valence-electron chi connectivity index (χ3n) is 7.15. The van der Waals surface area contributed by atoms with Crippen LogP contribution in [0.3, 0.4) is 0 Å². The molecule has 6 rings (SSSR count). The molecule has 1 N–H and O–H groups in total. The van der Waals surface area contributed by atoms with Gasteiger partial charge in [-0.25, -0.2) is 4.98 Å². The third-order valence-corrected chi connectivity index (χ3v) is 7.15. The molecule has 3 aliphatic rings. The molecule has 3 aliphatic heterocycles. The van der Waals surface area contributed by atoms with Crippen molar-refractivity contribution >= 4 is 16.9 Å². The van der Waals surface area contributed by atoms with E-state index < -0.39 is 18.0 Å². The van der Waals surface area contributed by atoms with Crippen LogP contribution in [0.1, 0.15) is 54.5 Å². The van der Waals surface area contributed by atoms with E-state index in [9.17, 15) is 18.0 Å². The summed E-state index contributed by atoms with van der Waals surface area (Å²) >= 11 is 0. The summed E-state index contributed by atoms with van der Waals surface area (Å²) in [4.78, 5) is 23.8. The summed E-state index contributed by atoms with van der Waals surface area (Å²) in [6, 6.07) is 8.32. The lowest BCUT2D eigenvalue weighted by molar-refractivity contribution is -0.147. The van der Waals surface area contributed by atoms with Crippen LogP contribution in [0.25, 0.3) is 11.0 Å². The average molecular weight is 472 g/mol. The van der Waals surface area contributed by atoms with Gasteiger partial charge in [0.25, 0.3) is 5.91 Å². The number of carbonyl (C=O) groups excluding carboxylic acids is 1. The molecule has 3 saturated heterocycles. The summed E-state index contributed by atoms with van der Waals surface area (Å²) < 4.78 is 41.8. The van der Waals surface area contributed by atoms with Gasteiger partial charge in [-0.2, -0.15) is 13.2 Å². The molecule has 0 radical (unpaired) electrons. The summed E-state index contributed by atoms with van der Waals surface area (Å²) in [7, 11) is 0. The first-order chi connectivity index (χ1) is 16.2. The molecule has 180 valence electrons. The quantitative estimate of drug-likeness (QED) is 0.597. The van der Waals surface area contributed by atoms with Crippen molar-refractivity contribution in [1.82, 2.24) is 24.8 Å². The second-order valence-corrected chi connectivity index (χ2v) is 9.61. The first-order valence-corrected chi connectivity index (χ1v) is 11.8. The number of fused-ring (bicyclic) bond motifs is 4. The lowest BCUT2D eigenvalue weighted by atomic mass is 9.76. The Kier molecular flexibility index (Phi) is 5.83. The normalized spacial score (nSPS) is 24.6. The molecule has 1 aromatic carbocycles. The molecule has 34 heavy (non-hydrogen) atoms. The number of piperidine rings is 3. The smallest absolute Gasteiger partial charge is 0.347 e. The topological polar surface area (TPSA) is 63.1 Å². The Morgan fingerprint density at radius 2 is 1.97 bits per heavy atom. The highest BCUT2D eigenvalue weighted by Gasteiger charge is 2.43. The minimum atomic E-state index is -4.57. The van der Waals surface area contributed by atoms with Crippen LogP contribution >= 0.6 is 0 Å². The maximum atomic E-state index is 13.6. The Morgan fingerprint density at radius 3 is 2.62 bits per heavy atom. The van der Waals surface area contributed by atoms with Crippen molar-refractivity contribution in [1.29, 1.82) is 0 Å². The third kappa shape index (κ3) is 4.17. The van der Waals surface area contributed by atoms with Crippen molar-refractivity contribution in [3.05, 3.63) is 59.7 Å². The van der Waals surface area contributed by atoms with Gasteiger partial charge in [-0.1, -0.05) is 6.07 Å². The zero-order chi connectivity index (χ0) is 24.0. The minimum absolute atomic E-state index is 0.0233. The fourth-order valence-electron chi connectivity index (χ4n) is 5.58. The molecule has 5 heterocycles. The molecule has 2 aromatic heterocycles. The number of rotatable bonds is 5. The summed E-state index contributed by atoms with van der Waals surface area (Å²) in [6.07, 6.45) is 1.89. The molecule has 1 amide bonds. The number of benzene rings is 1. The zero-order valence-electron chi connectivity index (χ0n) is 19.2. The Labute approximate surface area is 196 Å². The van der Waals surface area contributed by atoms with Crippen LogP contribution in [0.5, 0.6) is 0 Å². The zero-order valence-corrected chi connectivity index (χ0v) is 19.2. The van der Waals surface area contributed by atoms with Gasteiger partial charge >= 0.3 is 6.18 Å². The number of hydrogen-bond acceptors (Lipinski definition) is 4. The fourth-order valence-corrected chi connectivity index (χ4v) is 5.58. The van der Waals surface area contributed by atoms with Crippen molar-refractivity contribution in [2.45, 2.75) is 57.4 Å². The van der Waals surface area contributed by atoms with E-state index >= 15 is 0 Å². The predicted molar refractivity (Wildman–Crippen MR) is 122 cm³/mol. The Hall–Kier alpha value is -2.94. The van der Waals surface area contributed by atoms with Crippen LogP contribution in [0, 0.1) is 5.92 Å². The van der Waals surface area contributed by atoms with E-state index in [1.54, 1.807) is 32.2 Å². The molecule has 3 aromatic rings. The molecule has 2 atom stereocenters. The summed E-state index contributed by atoms with van der Waals surface area (Å²) in [5, 5.41) is 3.22. The number of alkyl halides is 3. The number of carbonyl (C=O) groups is 1. The molecule has 0 spiro atoms. The number of aromatic nitrogens is 3. The highest BCUT2D eigenvalue weighted by Crippen LogP contribution is 2.35. The summed E-state index contributed by atoms with van der Waals surface area (Å²) in [5.41, 5.74) is 2.00. The number of halogens is 3. The number of pyridine rings is 1.